The summed E-state index contributed by atoms with van der Waals surface area (Å²) in [5.41, 5.74) is 1.10. The van der Waals surface area contributed by atoms with Crippen LogP contribution in [0.4, 0.5) is 0 Å². The summed E-state index contributed by atoms with van der Waals surface area (Å²) < 4.78 is 0. The maximum Gasteiger partial charge on any atom is 0.237 e. The van der Waals surface area contributed by atoms with Crippen LogP contribution in [-0.4, -0.2) is 42.4 Å². The Balaban J connectivity index is 1.74. The highest BCUT2D eigenvalue weighted by Gasteiger charge is 2.29. The third-order valence-corrected chi connectivity index (χ3v) is 4.69. The summed E-state index contributed by atoms with van der Waals surface area (Å²) in [5, 5.41) is 5.97. The Labute approximate surface area is 144 Å². The van der Waals surface area contributed by atoms with Crippen molar-refractivity contribution >= 4 is 11.8 Å². The maximum atomic E-state index is 12.3. The van der Waals surface area contributed by atoms with Gasteiger partial charge in [-0.05, 0) is 44.8 Å². The van der Waals surface area contributed by atoms with Crippen LogP contribution in [0.15, 0.2) is 30.3 Å². The third kappa shape index (κ3) is 5.34. The van der Waals surface area contributed by atoms with Gasteiger partial charge in [0.05, 0.1) is 6.04 Å². The van der Waals surface area contributed by atoms with Crippen molar-refractivity contribution in [2.24, 2.45) is 5.92 Å². The Kier molecular flexibility index (Phi) is 7.25. The average molecular weight is 331 g/mol. The molecule has 1 heterocycles. The molecule has 132 valence electrons. The molecule has 0 bridgehead atoms. The molecule has 5 heteroatoms. The number of carbonyl (C=O) groups is 2. The van der Waals surface area contributed by atoms with Crippen LogP contribution in [-0.2, 0) is 16.1 Å². The first-order valence-corrected chi connectivity index (χ1v) is 8.95. The van der Waals surface area contributed by atoms with E-state index in [2.05, 4.69) is 22.5 Å². The molecule has 1 unspecified atom stereocenters. The van der Waals surface area contributed by atoms with Crippen LogP contribution in [0.25, 0.3) is 0 Å². The number of likely N-dealkylation sites (tertiary alicyclic amines) is 1. The number of benzene rings is 1. The molecule has 2 amide bonds. The summed E-state index contributed by atoms with van der Waals surface area (Å²) in [5.74, 6) is 0.304. The highest BCUT2D eigenvalue weighted by molar-refractivity contribution is 5.81. The number of amides is 2. The first-order valence-electron chi connectivity index (χ1n) is 8.95. The quantitative estimate of drug-likeness (QED) is 0.802. The van der Waals surface area contributed by atoms with Gasteiger partial charge < -0.3 is 10.6 Å². The molecular formula is C19H29N3O2. The van der Waals surface area contributed by atoms with E-state index in [0.29, 0.717) is 6.54 Å². The molecule has 0 saturated carbocycles. The van der Waals surface area contributed by atoms with Gasteiger partial charge in [-0.25, -0.2) is 0 Å². The zero-order valence-corrected chi connectivity index (χ0v) is 14.8. The zero-order chi connectivity index (χ0) is 17.4. The second-order valence-electron chi connectivity index (χ2n) is 6.48. The molecular weight excluding hydrogens is 302 g/mol. The molecule has 1 aliphatic rings. The van der Waals surface area contributed by atoms with Crippen LogP contribution in [0.2, 0.25) is 0 Å². The van der Waals surface area contributed by atoms with E-state index in [1.165, 1.54) is 0 Å². The molecule has 0 spiro atoms. The fourth-order valence-electron chi connectivity index (χ4n) is 3.04. The lowest BCUT2D eigenvalue weighted by atomic mass is 9.95. The summed E-state index contributed by atoms with van der Waals surface area (Å²) in [6, 6.07) is 9.76. The maximum absolute atomic E-state index is 12.3. The monoisotopic (exact) mass is 331 g/mol. The predicted molar refractivity (Wildman–Crippen MR) is 95.3 cm³/mol. The lowest BCUT2D eigenvalue weighted by Crippen LogP contribution is -2.49. The molecule has 2 rings (SSSR count). The molecule has 1 atom stereocenters. The van der Waals surface area contributed by atoms with Gasteiger partial charge in [-0.3, -0.25) is 14.5 Å². The predicted octanol–water partition coefficient (Wildman–Crippen LogP) is 1.93. The summed E-state index contributed by atoms with van der Waals surface area (Å²) in [6.45, 7) is 6.89. The Hall–Kier alpha value is -1.88. The summed E-state index contributed by atoms with van der Waals surface area (Å²) in [7, 11) is 0. The van der Waals surface area contributed by atoms with Crippen LogP contribution >= 0.6 is 0 Å². The van der Waals surface area contributed by atoms with Crippen molar-refractivity contribution in [2.75, 3.05) is 19.6 Å². The average Bonchev–Trinajstić information content (AvgIpc) is 2.64. The highest BCUT2D eigenvalue weighted by atomic mass is 16.2. The fraction of sp³-hybridized carbons (Fsp3) is 0.579. The smallest absolute Gasteiger partial charge is 0.237 e. The molecule has 1 fully saturated rings. The van der Waals surface area contributed by atoms with Crippen molar-refractivity contribution in [1.82, 2.24) is 15.5 Å². The summed E-state index contributed by atoms with van der Waals surface area (Å²) in [6.07, 6.45) is 2.61. The largest absolute Gasteiger partial charge is 0.356 e. The van der Waals surface area contributed by atoms with Crippen LogP contribution in [0.1, 0.15) is 38.7 Å². The van der Waals surface area contributed by atoms with E-state index in [0.717, 1.165) is 44.5 Å². The number of nitrogens with one attached hydrogen (secondary N) is 2. The molecule has 0 radical (unpaired) electrons. The van der Waals surface area contributed by atoms with Crippen LogP contribution in [0, 0.1) is 5.92 Å². The Bertz CT molecular complexity index is 525. The van der Waals surface area contributed by atoms with Crippen molar-refractivity contribution in [3.63, 3.8) is 0 Å². The lowest BCUT2D eigenvalue weighted by molar-refractivity contribution is -0.128. The van der Waals surface area contributed by atoms with Gasteiger partial charge in [-0.15, -0.1) is 0 Å². The minimum atomic E-state index is -0.159. The van der Waals surface area contributed by atoms with Gasteiger partial charge in [0.25, 0.3) is 0 Å². The van der Waals surface area contributed by atoms with E-state index in [1.54, 1.807) is 0 Å². The topological polar surface area (TPSA) is 61.4 Å². The minimum Gasteiger partial charge on any atom is -0.356 e. The van der Waals surface area contributed by atoms with Gasteiger partial charge in [-0.1, -0.05) is 37.3 Å². The fourth-order valence-corrected chi connectivity index (χ4v) is 3.04. The SMILES string of the molecule is CCCNC(=O)C1CCN(C(C)C(=O)NCc2ccccc2)CC1. The number of piperidine rings is 1. The van der Waals surface area contributed by atoms with E-state index in [9.17, 15) is 9.59 Å². The molecule has 0 aromatic heterocycles. The molecule has 1 saturated heterocycles. The van der Waals surface area contributed by atoms with Crippen molar-refractivity contribution in [3.05, 3.63) is 35.9 Å². The number of carbonyl (C=O) groups excluding carboxylic acids is 2. The van der Waals surface area contributed by atoms with Gasteiger partial charge in [0.2, 0.25) is 11.8 Å². The lowest BCUT2D eigenvalue weighted by Gasteiger charge is -2.34. The molecule has 0 aliphatic carbocycles. The van der Waals surface area contributed by atoms with E-state index in [1.807, 2.05) is 37.3 Å². The molecule has 1 aromatic rings. The van der Waals surface area contributed by atoms with Gasteiger partial charge in [0.15, 0.2) is 0 Å². The standard InChI is InChI=1S/C19H29N3O2/c1-3-11-20-19(24)17-9-12-22(13-10-17)15(2)18(23)21-14-16-7-5-4-6-8-16/h4-8,15,17H,3,9-14H2,1-2H3,(H,20,24)(H,21,23). The van der Waals surface area contributed by atoms with Crippen molar-refractivity contribution in [2.45, 2.75) is 45.7 Å². The van der Waals surface area contributed by atoms with E-state index in [4.69, 9.17) is 0 Å². The van der Waals surface area contributed by atoms with Crippen LogP contribution < -0.4 is 10.6 Å². The van der Waals surface area contributed by atoms with Gasteiger partial charge >= 0.3 is 0 Å². The second-order valence-corrected chi connectivity index (χ2v) is 6.48. The van der Waals surface area contributed by atoms with E-state index >= 15 is 0 Å². The second kappa shape index (κ2) is 9.42. The normalized spacial score (nSPS) is 17.2. The molecule has 5 nitrogen and oxygen atoms in total. The van der Waals surface area contributed by atoms with E-state index in [-0.39, 0.29) is 23.8 Å². The van der Waals surface area contributed by atoms with Crippen molar-refractivity contribution < 1.29 is 9.59 Å². The van der Waals surface area contributed by atoms with Crippen LogP contribution in [0.5, 0.6) is 0 Å². The minimum absolute atomic E-state index is 0.0488. The Morgan fingerprint density at radius 2 is 1.83 bits per heavy atom. The van der Waals surface area contributed by atoms with Crippen molar-refractivity contribution in [3.8, 4) is 0 Å². The molecule has 1 aliphatic heterocycles. The first-order chi connectivity index (χ1) is 11.6. The Morgan fingerprint density at radius 1 is 1.17 bits per heavy atom. The molecule has 24 heavy (non-hydrogen) atoms. The van der Waals surface area contributed by atoms with Gasteiger partial charge in [0.1, 0.15) is 0 Å². The Morgan fingerprint density at radius 3 is 2.46 bits per heavy atom. The van der Waals surface area contributed by atoms with Crippen molar-refractivity contribution in [1.29, 1.82) is 0 Å². The van der Waals surface area contributed by atoms with Gasteiger partial charge in [-0.2, -0.15) is 0 Å². The molecule has 2 N–H and O–H groups in total. The van der Waals surface area contributed by atoms with E-state index < -0.39 is 0 Å². The number of nitrogens with zero attached hydrogens (tertiary/aromatic N) is 1. The van der Waals surface area contributed by atoms with Gasteiger partial charge in [0, 0.05) is 19.0 Å². The van der Waals surface area contributed by atoms with Crippen LogP contribution in [0.3, 0.4) is 0 Å². The zero-order valence-electron chi connectivity index (χ0n) is 14.8. The summed E-state index contributed by atoms with van der Waals surface area (Å²) in [4.78, 5) is 26.5. The number of hydrogen-bond acceptors (Lipinski definition) is 3. The number of rotatable bonds is 7. The summed E-state index contributed by atoms with van der Waals surface area (Å²) >= 11 is 0. The molecule has 1 aromatic carbocycles. The first kappa shape index (κ1) is 18.5. The highest BCUT2D eigenvalue weighted by Crippen LogP contribution is 2.19. The third-order valence-electron chi connectivity index (χ3n) is 4.69. The number of hydrogen-bond donors (Lipinski definition) is 2.